The first-order chi connectivity index (χ1) is 15.1. The number of esters is 1. The van der Waals surface area contributed by atoms with E-state index in [-0.39, 0.29) is 18.5 Å². The van der Waals surface area contributed by atoms with Crippen LogP contribution in [0.15, 0.2) is 46.9 Å². The lowest BCUT2D eigenvalue weighted by atomic mass is 9.98. The minimum atomic E-state index is -0.484. The van der Waals surface area contributed by atoms with Gasteiger partial charge in [-0.3, -0.25) is 0 Å². The van der Waals surface area contributed by atoms with Gasteiger partial charge in [-0.1, -0.05) is 18.2 Å². The number of hydrogen-bond acceptors (Lipinski definition) is 6. The Labute approximate surface area is 180 Å². The molecular formula is C23H25N3O5. The van der Waals surface area contributed by atoms with Crippen molar-refractivity contribution in [2.24, 2.45) is 0 Å². The fraction of sp³-hybridized carbons (Fsp3) is 0.348. The summed E-state index contributed by atoms with van der Waals surface area (Å²) in [5, 5.41) is 2.93. The van der Waals surface area contributed by atoms with Crippen LogP contribution in [0.25, 0.3) is 11.1 Å². The molecular weight excluding hydrogens is 398 g/mol. The molecule has 0 saturated carbocycles. The number of fused-ring (bicyclic) bond motifs is 1. The molecule has 0 radical (unpaired) electrons. The Morgan fingerprint density at radius 1 is 1.23 bits per heavy atom. The summed E-state index contributed by atoms with van der Waals surface area (Å²) in [6.07, 6.45) is 1.81. The molecule has 1 unspecified atom stereocenters. The van der Waals surface area contributed by atoms with Gasteiger partial charge in [0.2, 0.25) is 0 Å². The first kappa shape index (κ1) is 20.7. The standard InChI is InChI=1S/C23H25N3O5/c1-29-19-10-9-15(12-17(19)22(27)30-2)13-24-23(28)26-11-5-6-16(14-26)21-25-18-7-3-4-8-20(18)31-21/h3-4,7-10,12,16H,5-6,11,13-14H2,1-2H3,(H,24,28). The molecule has 2 heterocycles. The first-order valence-electron chi connectivity index (χ1n) is 10.2. The second kappa shape index (κ2) is 9.07. The van der Waals surface area contributed by atoms with E-state index in [4.69, 9.17) is 13.9 Å². The summed E-state index contributed by atoms with van der Waals surface area (Å²) in [5.41, 5.74) is 2.70. The number of carbonyl (C=O) groups excluding carboxylic acids is 2. The zero-order chi connectivity index (χ0) is 21.8. The van der Waals surface area contributed by atoms with Crippen molar-refractivity contribution >= 4 is 23.1 Å². The van der Waals surface area contributed by atoms with E-state index in [0.29, 0.717) is 30.3 Å². The van der Waals surface area contributed by atoms with Crippen molar-refractivity contribution in [1.29, 1.82) is 0 Å². The Kier molecular flexibility index (Phi) is 6.06. The van der Waals surface area contributed by atoms with E-state index < -0.39 is 5.97 Å². The molecule has 1 atom stereocenters. The maximum atomic E-state index is 12.8. The number of aromatic nitrogens is 1. The Hall–Kier alpha value is -3.55. The molecule has 3 aromatic rings. The quantitative estimate of drug-likeness (QED) is 0.629. The molecule has 31 heavy (non-hydrogen) atoms. The number of benzene rings is 2. The maximum Gasteiger partial charge on any atom is 0.341 e. The normalized spacial score (nSPS) is 16.2. The average molecular weight is 423 g/mol. The highest BCUT2D eigenvalue weighted by Crippen LogP contribution is 2.29. The van der Waals surface area contributed by atoms with Crippen molar-refractivity contribution in [2.75, 3.05) is 27.3 Å². The van der Waals surface area contributed by atoms with E-state index >= 15 is 0 Å². The largest absolute Gasteiger partial charge is 0.496 e. The number of methoxy groups -OCH3 is 2. The highest BCUT2D eigenvalue weighted by molar-refractivity contribution is 5.92. The monoisotopic (exact) mass is 423 g/mol. The number of piperidine rings is 1. The van der Waals surface area contributed by atoms with Gasteiger partial charge in [-0.15, -0.1) is 0 Å². The predicted octanol–water partition coefficient (Wildman–Crippen LogP) is 3.71. The van der Waals surface area contributed by atoms with Crippen molar-refractivity contribution < 1.29 is 23.5 Å². The highest BCUT2D eigenvalue weighted by Gasteiger charge is 2.28. The van der Waals surface area contributed by atoms with Crippen LogP contribution in [0.5, 0.6) is 5.75 Å². The van der Waals surface area contributed by atoms with Crippen molar-refractivity contribution in [1.82, 2.24) is 15.2 Å². The van der Waals surface area contributed by atoms with Crippen LogP contribution in [-0.4, -0.2) is 49.2 Å². The van der Waals surface area contributed by atoms with Crippen molar-refractivity contribution in [3.63, 3.8) is 0 Å². The number of rotatable bonds is 5. The van der Waals surface area contributed by atoms with Crippen LogP contribution in [0.4, 0.5) is 4.79 Å². The van der Waals surface area contributed by atoms with E-state index in [9.17, 15) is 9.59 Å². The molecule has 4 rings (SSSR count). The van der Waals surface area contributed by atoms with Crippen LogP contribution in [0.1, 0.15) is 40.6 Å². The Morgan fingerprint density at radius 2 is 2.06 bits per heavy atom. The van der Waals surface area contributed by atoms with E-state index in [1.54, 1.807) is 17.0 Å². The third kappa shape index (κ3) is 4.47. The molecule has 1 aliphatic heterocycles. The van der Waals surface area contributed by atoms with Gasteiger partial charge in [0.05, 0.1) is 20.1 Å². The SMILES string of the molecule is COC(=O)c1cc(CNC(=O)N2CCCC(c3nc4ccccc4o3)C2)ccc1OC. The average Bonchev–Trinajstić information content (AvgIpc) is 3.26. The zero-order valence-electron chi connectivity index (χ0n) is 17.6. The molecule has 2 aromatic carbocycles. The predicted molar refractivity (Wildman–Crippen MR) is 114 cm³/mol. The lowest BCUT2D eigenvalue weighted by Crippen LogP contribution is -2.44. The van der Waals surface area contributed by atoms with E-state index in [2.05, 4.69) is 10.3 Å². The smallest absolute Gasteiger partial charge is 0.341 e. The third-order valence-electron chi connectivity index (χ3n) is 5.48. The van der Waals surface area contributed by atoms with Crippen molar-refractivity contribution in [3.8, 4) is 5.75 Å². The lowest BCUT2D eigenvalue weighted by molar-refractivity contribution is 0.0597. The number of para-hydroxylation sites is 2. The number of nitrogens with zero attached hydrogens (tertiary/aromatic N) is 2. The van der Waals surface area contributed by atoms with Gasteiger partial charge in [-0.25, -0.2) is 14.6 Å². The van der Waals surface area contributed by atoms with Gasteiger partial charge >= 0.3 is 12.0 Å². The number of amides is 2. The summed E-state index contributed by atoms with van der Waals surface area (Å²) in [7, 11) is 2.81. The zero-order valence-corrected chi connectivity index (χ0v) is 17.6. The van der Waals surface area contributed by atoms with E-state index in [1.807, 2.05) is 30.3 Å². The molecule has 0 spiro atoms. The molecule has 1 saturated heterocycles. The minimum absolute atomic E-state index is 0.0683. The van der Waals surface area contributed by atoms with Crippen LogP contribution in [0.2, 0.25) is 0 Å². The summed E-state index contributed by atoms with van der Waals surface area (Å²) in [5.74, 6) is 0.691. The lowest BCUT2D eigenvalue weighted by Gasteiger charge is -2.31. The summed E-state index contributed by atoms with van der Waals surface area (Å²) in [6, 6.07) is 12.7. The first-order valence-corrected chi connectivity index (χ1v) is 10.2. The Balaban J connectivity index is 1.40. The second-order valence-corrected chi connectivity index (χ2v) is 7.49. The summed E-state index contributed by atoms with van der Waals surface area (Å²) < 4.78 is 15.9. The molecule has 1 N–H and O–H groups in total. The fourth-order valence-electron chi connectivity index (χ4n) is 3.85. The fourth-order valence-corrected chi connectivity index (χ4v) is 3.85. The maximum absolute atomic E-state index is 12.8. The number of oxazole rings is 1. The van der Waals surface area contributed by atoms with E-state index in [1.165, 1.54) is 14.2 Å². The second-order valence-electron chi connectivity index (χ2n) is 7.49. The Bertz CT molecular complexity index is 1060. The number of ether oxygens (including phenoxy) is 2. The molecule has 162 valence electrons. The molecule has 8 heteroatoms. The molecule has 0 aliphatic carbocycles. The van der Waals surface area contributed by atoms with Gasteiger partial charge in [0.1, 0.15) is 16.8 Å². The molecule has 1 fully saturated rings. The number of hydrogen-bond donors (Lipinski definition) is 1. The van der Waals surface area contributed by atoms with Gasteiger partial charge < -0.3 is 24.1 Å². The van der Waals surface area contributed by atoms with Crippen LogP contribution < -0.4 is 10.1 Å². The van der Waals surface area contributed by atoms with Gasteiger partial charge in [0.25, 0.3) is 0 Å². The van der Waals surface area contributed by atoms with Crippen molar-refractivity contribution in [3.05, 3.63) is 59.5 Å². The van der Waals surface area contributed by atoms with Gasteiger partial charge in [-0.05, 0) is 42.7 Å². The summed E-state index contributed by atoms with van der Waals surface area (Å²) >= 11 is 0. The van der Waals surface area contributed by atoms with Gasteiger partial charge in [-0.2, -0.15) is 0 Å². The molecule has 1 aromatic heterocycles. The van der Waals surface area contributed by atoms with Crippen LogP contribution in [-0.2, 0) is 11.3 Å². The van der Waals surface area contributed by atoms with Crippen LogP contribution >= 0.6 is 0 Å². The number of carbonyl (C=O) groups is 2. The Morgan fingerprint density at radius 3 is 2.84 bits per heavy atom. The van der Waals surface area contributed by atoms with Gasteiger partial charge in [0.15, 0.2) is 11.5 Å². The molecule has 0 bridgehead atoms. The number of urea groups is 1. The molecule has 2 amide bonds. The van der Waals surface area contributed by atoms with Crippen molar-refractivity contribution in [2.45, 2.75) is 25.3 Å². The summed E-state index contributed by atoms with van der Waals surface area (Å²) in [4.78, 5) is 31.1. The van der Waals surface area contributed by atoms with Crippen LogP contribution in [0.3, 0.4) is 0 Å². The number of nitrogens with one attached hydrogen (secondary N) is 1. The van der Waals surface area contributed by atoms with Gasteiger partial charge in [0, 0.05) is 19.6 Å². The number of likely N-dealkylation sites (tertiary alicyclic amines) is 1. The summed E-state index contributed by atoms with van der Waals surface area (Å²) in [6.45, 7) is 1.52. The third-order valence-corrected chi connectivity index (χ3v) is 5.48. The topological polar surface area (TPSA) is 93.9 Å². The minimum Gasteiger partial charge on any atom is -0.496 e. The van der Waals surface area contributed by atoms with Crippen LogP contribution in [0, 0.1) is 0 Å². The van der Waals surface area contributed by atoms with E-state index in [0.717, 1.165) is 29.5 Å². The highest BCUT2D eigenvalue weighted by atomic mass is 16.5. The molecule has 1 aliphatic rings. The molecule has 8 nitrogen and oxygen atoms in total.